The number of amides is 2. The lowest BCUT2D eigenvalue weighted by atomic mass is 10.1. The molecule has 0 saturated heterocycles. The molecular formula is C22H21ClN4O2S. The number of pyridine rings is 1. The van der Waals surface area contributed by atoms with E-state index in [0.29, 0.717) is 35.3 Å². The molecule has 2 amide bonds. The first kappa shape index (κ1) is 20.5. The van der Waals surface area contributed by atoms with Crippen molar-refractivity contribution in [2.75, 3.05) is 11.4 Å². The fourth-order valence-corrected chi connectivity index (χ4v) is 3.98. The minimum absolute atomic E-state index is 0.0114. The van der Waals surface area contributed by atoms with E-state index in [-0.39, 0.29) is 11.8 Å². The number of hydrogen-bond donors (Lipinski definition) is 1. The van der Waals surface area contributed by atoms with Crippen molar-refractivity contribution in [3.63, 3.8) is 0 Å². The SMILES string of the molecule is CC(=O)N(CC1CC1)c1ccc(-c2ccc(C(=O)NCc3cscn3)cn2)cc1Cl. The third-order valence-electron chi connectivity index (χ3n) is 4.99. The monoisotopic (exact) mass is 440 g/mol. The van der Waals surface area contributed by atoms with Crippen LogP contribution in [0.5, 0.6) is 0 Å². The van der Waals surface area contributed by atoms with Crippen LogP contribution in [0.3, 0.4) is 0 Å². The van der Waals surface area contributed by atoms with Crippen LogP contribution in [0.4, 0.5) is 5.69 Å². The molecule has 0 radical (unpaired) electrons. The van der Waals surface area contributed by atoms with E-state index in [1.54, 1.807) is 35.7 Å². The zero-order valence-electron chi connectivity index (χ0n) is 16.5. The average Bonchev–Trinajstić information content (AvgIpc) is 3.42. The summed E-state index contributed by atoms with van der Waals surface area (Å²) >= 11 is 7.99. The highest BCUT2D eigenvalue weighted by molar-refractivity contribution is 7.07. The molecule has 1 fully saturated rings. The number of nitrogens with zero attached hydrogens (tertiary/aromatic N) is 3. The maximum absolute atomic E-state index is 12.3. The average molecular weight is 441 g/mol. The van der Waals surface area contributed by atoms with E-state index in [2.05, 4.69) is 15.3 Å². The zero-order valence-corrected chi connectivity index (χ0v) is 18.0. The van der Waals surface area contributed by atoms with Crippen molar-refractivity contribution < 1.29 is 9.59 Å². The summed E-state index contributed by atoms with van der Waals surface area (Å²) in [6.07, 6.45) is 3.86. The van der Waals surface area contributed by atoms with Crippen LogP contribution in [0.2, 0.25) is 5.02 Å². The van der Waals surface area contributed by atoms with Crippen LogP contribution >= 0.6 is 22.9 Å². The smallest absolute Gasteiger partial charge is 0.253 e. The molecule has 2 aromatic heterocycles. The molecule has 0 atom stereocenters. The predicted molar refractivity (Wildman–Crippen MR) is 119 cm³/mol. The van der Waals surface area contributed by atoms with E-state index in [1.807, 2.05) is 23.6 Å². The van der Waals surface area contributed by atoms with Gasteiger partial charge in [-0.3, -0.25) is 14.6 Å². The van der Waals surface area contributed by atoms with Crippen molar-refractivity contribution in [3.8, 4) is 11.3 Å². The van der Waals surface area contributed by atoms with Crippen molar-refractivity contribution in [2.45, 2.75) is 26.3 Å². The van der Waals surface area contributed by atoms with E-state index in [0.717, 1.165) is 29.8 Å². The van der Waals surface area contributed by atoms with Gasteiger partial charge in [0.05, 0.1) is 39.7 Å². The summed E-state index contributed by atoms with van der Waals surface area (Å²) in [5, 5.41) is 5.23. The molecule has 0 unspecified atom stereocenters. The third kappa shape index (κ3) is 4.86. The summed E-state index contributed by atoms with van der Waals surface area (Å²) < 4.78 is 0. The summed E-state index contributed by atoms with van der Waals surface area (Å²) in [6.45, 7) is 2.65. The van der Waals surface area contributed by atoms with Gasteiger partial charge < -0.3 is 10.2 Å². The minimum atomic E-state index is -0.201. The number of rotatable bonds is 7. The Morgan fingerprint density at radius 2 is 2.07 bits per heavy atom. The normalized spacial score (nSPS) is 13.1. The fraction of sp³-hybridized carbons (Fsp3) is 0.273. The lowest BCUT2D eigenvalue weighted by Gasteiger charge is -2.22. The quantitative estimate of drug-likeness (QED) is 0.584. The van der Waals surface area contributed by atoms with Crippen LogP contribution in [-0.2, 0) is 11.3 Å². The standard InChI is InChI=1S/C22H21ClN4O2S/c1-14(28)27(11-15-2-3-15)21-7-5-16(8-19(21)23)20-6-4-17(9-24-20)22(29)25-10-18-12-30-13-26-18/h4-9,12-13,15H,2-3,10-11H2,1H3,(H,25,29). The second-order valence-electron chi connectivity index (χ2n) is 7.33. The first-order valence-electron chi connectivity index (χ1n) is 9.70. The topological polar surface area (TPSA) is 75.2 Å². The highest BCUT2D eigenvalue weighted by Crippen LogP contribution is 2.35. The van der Waals surface area contributed by atoms with E-state index in [1.165, 1.54) is 11.3 Å². The molecule has 0 aliphatic heterocycles. The Labute approximate surface area is 183 Å². The number of carbonyl (C=O) groups is 2. The molecule has 1 aliphatic rings. The van der Waals surface area contributed by atoms with Crippen molar-refractivity contribution in [1.29, 1.82) is 0 Å². The summed E-state index contributed by atoms with van der Waals surface area (Å²) in [4.78, 5) is 34.6. The van der Waals surface area contributed by atoms with Gasteiger partial charge in [0, 0.05) is 30.6 Å². The molecule has 0 bridgehead atoms. The van der Waals surface area contributed by atoms with E-state index >= 15 is 0 Å². The molecule has 4 rings (SSSR count). The van der Waals surface area contributed by atoms with E-state index in [9.17, 15) is 9.59 Å². The van der Waals surface area contributed by atoms with Crippen molar-refractivity contribution in [2.24, 2.45) is 5.92 Å². The van der Waals surface area contributed by atoms with Gasteiger partial charge in [-0.1, -0.05) is 17.7 Å². The lowest BCUT2D eigenvalue weighted by molar-refractivity contribution is -0.116. The number of benzene rings is 1. The van der Waals surface area contributed by atoms with Gasteiger partial charge in [0.15, 0.2) is 0 Å². The van der Waals surface area contributed by atoms with Crippen LogP contribution in [-0.4, -0.2) is 28.3 Å². The summed E-state index contributed by atoms with van der Waals surface area (Å²) in [7, 11) is 0. The molecule has 2 heterocycles. The Bertz CT molecular complexity index is 1050. The maximum Gasteiger partial charge on any atom is 0.253 e. The summed E-state index contributed by atoms with van der Waals surface area (Å²) in [5.74, 6) is 0.357. The van der Waals surface area contributed by atoms with Gasteiger partial charge in [-0.2, -0.15) is 0 Å². The van der Waals surface area contributed by atoms with Crippen molar-refractivity contribution in [3.05, 3.63) is 63.7 Å². The summed E-state index contributed by atoms with van der Waals surface area (Å²) in [6, 6.07) is 9.08. The Hall–Kier alpha value is -2.77. The first-order valence-corrected chi connectivity index (χ1v) is 11.0. The zero-order chi connectivity index (χ0) is 21.1. The lowest BCUT2D eigenvalue weighted by Crippen LogP contribution is -2.30. The molecule has 1 saturated carbocycles. The number of halogens is 1. The molecule has 154 valence electrons. The predicted octanol–water partition coefficient (Wildman–Crippen LogP) is 4.55. The number of carbonyl (C=O) groups excluding carboxylic acids is 2. The Morgan fingerprint density at radius 3 is 2.67 bits per heavy atom. The minimum Gasteiger partial charge on any atom is -0.346 e. The number of hydrogen-bond acceptors (Lipinski definition) is 5. The van der Waals surface area contributed by atoms with Gasteiger partial charge in [-0.05, 0) is 43.0 Å². The van der Waals surface area contributed by atoms with Crippen molar-refractivity contribution in [1.82, 2.24) is 15.3 Å². The molecule has 1 aliphatic carbocycles. The third-order valence-corrected chi connectivity index (χ3v) is 5.93. The second-order valence-corrected chi connectivity index (χ2v) is 8.46. The van der Waals surface area contributed by atoms with Gasteiger partial charge in [0.25, 0.3) is 5.91 Å². The molecular weight excluding hydrogens is 420 g/mol. The van der Waals surface area contributed by atoms with Gasteiger partial charge in [0.1, 0.15) is 0 Å². The molecule has 8 heteroatoms. The van der Waals surface area contributed by atoms with Gasteiger partial charge in [-0.25, -0.2) is 4.98 Å². The van der Waals surface area contributed by atoms with Crippen LogP contribution in [0.1, 0.15) is 35.8 Å². The van der Waals surface area contributed by atoms with Crippen LogP contribution < -0.4 is 10.2 Å². The molecule has 1 aromatic carbocycles. The van der Waals surface area contributed by atoms with Gasteiger partial charge >= 0.3 is 0 Å². The summed E-state index contributed by atoms with van der Waals surface area (Å²) in [5.41, 5.74) is 5.29. The number of anilines is 1. The number of nitrogens with one attached hydrogen (secondary N) is 1. The van der Waals surface area contributed by atoms with Crippen LogP contribution in [0.25, 0.3) is 11.3 Å². The maximum atomic E-state index is 12.3. The molecule has 3 aromatic rings. The number of aromatic nitrogens is 2. The highest BCUT2D eigenvalue weighted by Gasteiger charge is 2.27. The van der Waals surface area contributed by atoms with Crippen LogP contribution in [0, 0.1) is 5.92 Å². The molecule has 1 N–H and O–H groups in total. The largest absolute Gasteiger partial charge is 0.346 e. The van der Waals surface area contributed by atoms with E-state index < -0.39 is 0 Å². The molecule has 6 nitrogen and oxygen atoms in total. The Kier molecular flexibility index (Phi) is 6.11. The first-order chi connectivity index (χ1) is 14.5. The van der Waals surface area contributed by atoms with Gasteiger partial charge in [0.2, 0.25) is 5.91 Å². The molecule has 30 heavy (non-hydrogen) atoms. The highest BCUT2D eigenvalue weighted by atomic mass is 35.5. The van der Waals surface area contributed by atoms with Crippen LogP contribution in [0.15, 0.2) is 47.4 Å². The second kappa shape index (κ2) is 8.93. The Morgan fingerprint density at radius 1 is 1.23 bits per heavy atom. The molecule has 0 spiro atoms. The van der Waals surface area contributed by atoms with Gasteiger partial charge in [-0.15, -0.1) is 11.3 Å². The van der Waals surface area contributed by atoms with Crippen molar-refractivity contribution >= 4 is 40.4 Å². The Balaban J connectivity index is 1.46. The number of thiazole rings is 1. The fourth-order valence-electron chi connectivity index (χ4n) is 3.14. The van der Waals surface area contributed by atoms with E-state index in [4.69, 9.17) is 11.6 Å².